The van der Waals surface area contributed by atoms with Crippen molar-refractivity contribution < 1.29 is 13.2 Å². The number of hydrogen-bond donors (Lipinski definition) is 0. The van der Waals surface area contributed by atoms with Crippen LogP contribution in [0.5, 0.6) is 0 Å². The minimum atomic E-state index is -4.14. The number of rotatable bonds is 5. The Hall–Kier alpha value is -0.760. The van der Waals surface area contributed by atoms with Crippen LogP contribution < -0.4 is 0 Å². The molecule has 76 valence electrons. The summed E-state index contributed by atoms with van der Waals surface area (Å²) in [4.78, 5) is 1.29. The van der Waals surface area contributed by atoms with E-state index in [1.54, 1.807) is 6.92 Å². The highest BCUT2D eigenvalue weighted by molar-refractivity contribution is 4.70. The molecular weight excluding hydrogens is 181 g/mol. The average molecular weight is 194 g/mol. The molecule has 0 saturated heterocycles. The molecule has 0 heterocycles. The summed E-state index contributed by atoms with van der Waals surface area (Å²) in [5, 5.41) is 8.19. The van der Waals surface area contributed by atoms with E-state index in [2.05, 4.69) is 0 Å². The third-order valence-corrected chi connectivity index (χ3v) is 1.61. The normalized spacial score (nSPS) is 11.7. The minimum Gasteiger partial charge on any atom is -0.295 e. The number of halogens is 3. The van der Waals surface area contributed by atoms with Crippen LogP contribution >= 0.6 is 0 Å². The number of unbranched alkanes of at least 4 members (excludes halogenated alkanes) is 1. The van der Waals surface area contributed by atoms with Gasteiger partial charge in [0.2, 0.25) is 0 Å². The lowest BCUT2D eigenvalue weighted by molar-refractivity contribution is -0.145. The summed E-state index contributed by atoms with van der Waals surface area (Å²) in [7, 11) is 0. The molecule has 0 bridgehead atoms. The fraction of sp³-hybridized carbons (Fsp3) is 0.875. The highest BCUT2D eigenvalue weighted by atomic mass is 19.4. The van der Waals surface area contributed by atoms with Gasteiger partial charge in [0.25, 0.3) is 0 Å². The predicted molar refractivity (Wildman–Crippen MR) is 43.0 cm³/mol. The predicted octanol–water partition coefficient (Wildman–Crippen LogP) is 2.17. The van der Waals surface area contributed by atoms with Gasteiger partial charge in [0.15, 0.2) is 0 Å². The van der Waals surface area contributed by atoms with Gasteiger partial charge in [-0.2, -0.15) is 18.4 Å². The molecule has 0 aliphatic rings. The number of nitriles is 1. The van der Waals surface area contributed by atoms with Crippen LogP contribution in [-0.2, 0) is 0 Å². The summed E-state index contributed by atoms with van der Waals surface area (Å²) in [6, 6.07) is 1.90. The quantitative estimate of drug-likeness (QED) is 0.627. The molecule has 0 aromatic rings. The zero-order chi connectivity index (χ0) is 10.3. The first-order chi connectivity index (χ1) is 5.99. The van der Waals surface area contributed by atoms with Crippen molar-refractivity contribution in [3.63, 3.8) is 0 Å². The van der Waals surface area contributed by atoms with Crippen LogP contribution in [0.2, 0.25) is 0 Å². The van der Waals surface area contributed by atoms with E-state index in [1.165, 1.54) is 4.90 Å². The Morgan fingerprint density at radius 2 is 2.00 bits per heavy atom. The molecule has 0 aromatic heterocycles. The Morgan fingerprint density at radius 3 is 2.38 bits per heavy atom. The lowest BCUT2D eigenvalue weighted by Gasteiger charge is -2.20. The van der Waals surface area contributed by atoms with Gasteiger partial charge in [0, 0.05) is 6.42 Å². The fourth-order valence-corrected chi connectivity index (χ4v) is 0.984. The van der Waals surface area contributed by atoms with Gasteiger partial charge in [0.1, 0.15) is 0 Å². The van der Waals surface area contributed by atoms with Crippen molar-refractivity contribution in [1.29, 1.82) is 5.26 Å². The van der Waals surface area contributed by atoms with E-state index in [0.29, 0.717) is 25.9 Å². The van der Waals surface area contributed by atoms with Crippen LogP contribution in [0.25, 0.3) is 0 Å². The molecule has 0 saturated carbocycles. The van der Waals surface area contributed by atoms with Crippen LogP contribution in [0.4, 0.5) is 13.2 Å². The zero-order valence-corrected chi connectivity index (χ0v) is 7.56. The van der Waals surface area contributed by atoms with Gasteiger partial charge in [0.05, 0.1) is 12.6 Å². The second-order valence-electron chi connectivity index (χ2n) is 2.75. The Kier molecular flexibility index (Phi) is 5.47. The Morgan fingerprint density at radius 1 is 1.38 bits per heavy atom. The summed E-state index contributed by atoms with van der Waals surface area (Å²) >= 11 is 0. The highest BCUT2D eigenvalue weighted by Crippen LogP contribution is 2.16. The van der Waals surface area contributed by atoms with E-state index in [1.807, 2.05) is 6.07 Å². The van der Waals surface area contributed by atoms with Gasteiger partial charge in [-0.3, -0.25) is 4.90 Å². The molecular formula is C8H13F3N2. The van der Waals surface area contributed by atoms with Crippen molar-refractivity contribution in [3.8, 4) is 6.07 Å². The van der Waals surface area contributed by atoms with Crippen molar-refractivity contribution in [1.82, 2.24) is 4.90 Å². The molecule has 0 unspecified atom stereocenters. The molecule has 0 aliphatic carbocycles. The summed E-state index contributed by atoms with van der Waals surface area (Å²) in [6.07, 6.45) is -3.32. The molecule has 0 fully saturated rings. The molecule has 0 aliphatic heterocycles. The molecule has 0 N–H and O–H groups in total. The molecule has 13 heavy (non-hydrogen) atoms. The van der Waals surface area contributed by atoms with Crippen LogP contribution in [0.1, 0.15) is 19.8 Å². The molecule has 0 rings (SSSR count). The number of alkyl halides is 3. The topological polar surface area (TPSA) is 27.0 Å². The van der Waals surface area contributed by atoms with Crippen LogP contribution in [0.3, 0.4) is 0 Å². The van der Waals surface area contributed by atoms with Gasteiger partial charge in [-0.1, -0.05) is 6.92 Å². The maximum Gasteiger partial charge on any atom is 0.401 e. The fourth-order valence-electron chi connectivity index (χ4n) is 0.984. The van der Waals surface area contributed by atoms with Crippen LogP contribution in [-0.4, -0.2) is 30.7 Å². The smallest absolute Gasteiger partial charge is 0.295 e. The number of hydrogen-bond acceptors (Lipinski definition) is 2. The van der Waals surface area contributed by atoms with Crippen molar-refractivity contribution >= 4 is 0 Å². The first-order valence-corrected chi connectivity index (χ1v) is 4.15. The van der Waals surface area contributed by atoms with E-state index in [4.69, 9.17) is 5.26 Å². The van der Waals surface area contributed by atoms with E-state index >= 15 is 0 Å². The van der Waals surface area contributed by atoms with Gasteiger partial charge >= 0.3 is 6.18 Å². The van der Waals surface area contributed by atoms with Gasteiger partial charge in [-0.25, -0.2) is 0 Å². The lowest BCUT2D eigenvalue weighted by atomic mass is 10.3. The van der Waals surface area contributed by atoms with Gasteiger partial charge in [-0.05, 0) is 19.5 Å². The number of nitrogens with zero attached hydrogens (tertiary/aromatic N) is 2. The average Bonchev–Trinajstić information content (AvgIpc) is 2.01. The lowest BCUT2D eigenvalue weighted by Crippen LogP contribution is -2.34. The van der Waals surface area contributed by atoms with Gasteiger partial charge < -0.3 is 0 Å². The second-order valence-corrected chi connectivity index (χ2v) is 2.75. The first-order valence-electron chi connectivity index (χ1n) is 4.15. The van der Waals surface area contributed by atoms with Gasteiger partial charge in [-0.15, -0.1) is 0 Å². The van der Waals surface area contributed by atoms with Crippen molar-refractivity contribution in [3.05, 3.63) is 0 Å². The summed E-state index contributed by atoms with van der Waals surface area (Å²) in [5.74, 6) is 0. The molecule has 5 heteroatoms. The van der Waals surface area contributed by atoms with E-state index in [0.717, 1.165) is 0 Å². The first kappa shape index (κ1) is 12.2. The standard InChI is InChI=1S/C8H13F3N2/c1-2-13(6-4-3-5-12)7-8(9,10)11/h2-4,6-7H2,1H3. The summed E-state index contributed by atoms with van der Waals surface area (Å²) < 4.78 is 35.7. The van der Waals surface area contributed by atoms with Crippen molar-refractivity contribution in [2.24, 2.45) is 0 Å². The zero-order valence-electron chi connectivity index (χ0n) is 7.56. The second kappa shape index (κ2) is 5.81. The SMILES string of the molecule is CCN(CCCC#N)CC(F)(F)F. The Labute approximate surface area is 75.9 Å². The maximum absolute atomic E-state index is 11.9. The molecule has 0 atom stereocenters. The molecule has 0 aromatic carbocycles. The summed E-state index contributed by atoms with van der Waals surface area (Å²) in [5.41, 5.74) is 0. The Balaban J connectivity index is 3.71. The third kappa shape index (κ3) is 7.60. The van der Waals surface area contributed by atoms with E-state index in [-0.39, 0.29) is 0 Å². The monoisotopic (exact) mass is 194 g/mol. The molecule has 0 radical (unpaired) electrons. The molecule has 0 spiro atoms. The van der Waals surface area contributed by atoms with E-state index < -0.39 is 12.7 Å². The maximum atomic E-state index is 11.9. The largest absolute Gasteiger partial charge is 0.401 e. The highest BCUT2D eigenvalue weighted by Gasteiger charge is 2.29. The van der Waals surface area contributed by atoms with Crippen molar-refractivity contribution in [2.75, 3.05) is 19.6 Å². The molecule has 2 nitrogen and oxygen atoms in total. The summed E-state index contributed by atoms with van der Waals surface area (Å²) in [6.45, 7) is 1.50. The molecule has 0 amide bonds. The van der Waals surface area contributed by atoms with Crippen molar-refractivity contribution in [2.45, 2.75) is 25.9 Å². The van der Waals surface area contributed by atoms with Crippen LogP contribution in [0, 0.1) is 11.3 Å². The minimum absolute atomic E-state index is 0.314. The third-order valence-electron chi connectivity index (χ3n) is 1.61. The Bertz CT molecular complexity index is 171. The van der Waals surface area contributed by atoms with E-state index in [9.17, 15) is 13.2 Å². The van der Waals surface area contributed by atoms with Crippen LogP contribution in [0.15, 0.2) is 0 Å².